The van der Waals surface area contributed by atoms with Crippen LogP contribution in [0.3, 0.4) is 0 Å². The molecule has 1 aliphatic rings. The van der Waals surface area contributed by atoms with Crippen molar-refractivity contribution in [3.8, 4) is 0 Å². The lowest BCUT2D eigenvalue weighted by Crippen LogP contribution is -2.47. The summed E-state index contributed by atoms with van der Waals surface area (Å²) in [5.41, 5.74) is 0.271. The van der Waals surface area contributed by atoms with E-state index < -0.39 is 0 Å². The number of aliphatic hydroxyl groups excluding tert-OH is 1. The Morgan fingerprint density at radius 1 is 1.43 bits per heavy atom. The minimum absolute atomic E-state index is 0.267. The van der Waals surface area contributed by atoms with Crippen molar-refractivity contribution in [2.24, 2.45) is 0 Å². The highest BCUT2D eigenvalue weighted by Crippen LogP contribution is 2.23. The molecule has 0 aromatic rings. The molecule has 1 saturated heterocycles. The van der Waals surface area contributed by atoms with Gasteiger partial charge >= 0.3 is 0 Å². The molecule has 1 atom stereocenters. The summed E-state index contributed by atoms with van der Waals surface area (Å²) in [5, 5.41) is 9.30. The Morgan fingerprint density at radius 3 is 2.57 bits per heavy atom. The molecule has 0 aromatic carbocycles. The smallest absolute Gasteiger partial charge is 0.0599 e. The van der Waals surface area contributed by atoms with Crippen LogP contribution in [0.4, 0.5) is 0 Å². The molecule has 84 valence electrons. The van der Waals surface area contributed by atoms with E-state index in [0.717, 1.165) is 19.6 Å². The van der Waals surface area contributed by atoms with Crippen molar-refractivity contribution in [2.75, 3.05) is 33.3 Å². The number of rotatable bonds is 2. The van der Waals surface area contributed by atoms with Gasteiger partial charge in [0.05, 0.1) is 6.61 Å². The highest BCUT2D eigenvalue weighted by Gasteiger charge is 2.32. The average Bonchev–Trinajstić information content (AvgIpc) is 2.25. The molecule has 1 N–H and O–H groups in total. The summed E-state index contributed by atoms with van der Waals surface area (Å²) >= 11 is 0. The van der Waals surface area contributed by atoms with Gasteiger partial charge in [0.25, 0.3) is 0 Å². The SMILES string of the molecule is CCN1CC(CO)N(C)CCC1(C)C. The summed E-state index contributed by atoms with van der Waals surface area (Å²) in [4.78, 5) is 4.74. The number of likely N-dealkylation sites (N-methyl/N-ethyl adjacent to an activating group) is 2. The van der Waals surface area contributed by atoms with Crippen LogP contribution < -0.4 is 0 Å². The van der Waals surface area contributed by atoms with Crippen molar-refractivity contribution in [1.29, 1.82) is 0 Å². The third-order valence-electron chi connectivity index (χ3n) is 3.58. The van der Waals surface area contributed by atoms with Crippen molar-refractivity contribution >= 4 is 0 Å². The van der Waals surface area contributed by atoms with Gasteiger partial charge in [-0.05, 0) is 33.9 Å². The lowest BCUT2D eigenvalue weighted by Gasteiger charge is -2.36. The molecule has 0 aliphatic carbocycles. The molecule has 1 unspecified atom stereocenters. The molecular weight excluding hydrogens is 176 g/mol. The van der Waals surface area contributed by atoms with Crippen LogP contribution >= 0.6 is 0 Å². The lowest BCUT2D eigenvalue weighted by atomic mass is 9.98. The van der Waals surface area contributed by atoms with E-state index in [2.05, 4.69) is 37.6 Å². The topological polar surface area (TPSA) is 26.7 Å². The van der Waals surface area contributed by atoms with Gasteiger partial charge < -0.3 is 5.11 Å². The Kier molecular flexibility index (Phi) is 3.93. The normalized spacial score (nSPS) is 30.2. The minimum Gasteiger partial charge on any atom is -0.395 e. The Hall–Kier alpha value is -0.120. The van der Waals surface area contributed by atoms with Crippen molar-refractivity contribution in [1.82, 2.24) is 9.80 Å². The third kappa shape index (κ3) is 2.47. The van der Waals surface area contributed by atoms with Crippen LogP contribution in [0.1, 0.15) is 27.2 Å². The highest BCUT2D eigenvalue weighted by molar-refractivity contribution is 4.89. The van der Waals surface area contributed by atoms with E-state index in [4.69, 9.17) is 0 Å². The first-order valence-corrected chi connectivity index (χ1v) is 5.57. The van der Waals surface area contributed by atoms with E-state index >= 15 is 0 Å². The Labute approximate surface area is 87.7 Å². The summed E-state index contributed by atoms with van der Waals surface area (Å²) in [5.74, 6) is 0. The summed E-state index contributed by atoms with van der Waals surface area (Å²) in [6.45, 7) is 10.2. The van der Waals surface area contributed by atoms with E-state index in [1.807, 2.05) is 0 Å². The van der Waals surface area contributed by atoms with Crippen molar-refractivity contribution in [2.45, 2.75) is 38.8 Å². The van der Waals surface area contributed by atoms with Gasteiger partial charge in [-0.2, -0.15) is 0 Å². The lowest BCUT2D eigenvalue weighted by molar-refractivity contribution is 0.0983. The van der Waals surface area contributed by atoms with Gasteiger partial charge in [0, 0.05) is 24.7 Å². The van der Waals surface area contributed by atoms with Gasteiger partial charge in [0.2, 0.25) is 0 Å². The molecule has 3 heteroatoms. The van der Waals surface area contributed by atoms with Gasteiger partial charge in [-0.15, -0.1) is 0 Å². The number of nitrogens with zero attached hydrogens (tertiary/aromatic N) is 2. The molecule has 1 rings (SSSR count). The molecule has 0 bridgehead atoms. The third-order valence-corrected chi connectivity index (χ3v) is 3.58. The Balaban J connectivity index is 2.73. The van der Waals surface area contributed by atoms with Crippen LogP contribution in [-0.2, 0) is 0 Å². The maximum atomic E-state index is 9.30. The van der Waals surface area contributed by atoms with Crippen molar-refractivity contribution in [3.63, 3.8) is 0 Å². The van der Waals surface area contributed by atoms with Crippen molar-refractivity contribution in [3.05, 3.63) is 0 Å². The zero-order valence-corrected chi connectivity index (χ0v) is 9.95. The Bertz CT molecular complexity index is 182. The predicted octanol–water partition coefficient (Wildman–Crippen LogP) is 0.783. The summed E-state index contributed by atoms with van der Waals surface area (Å²) in [7, 11) is 2.11. The van der Waals surface area contributed by atoms with Crippen molar-refractivity contribution < 1.29 is 5.11 Å². The first-order chi connectivity index (χ1) is 6.51. The quantitative estimate of drug-likeness (QED) is 0.714. The fourth-order valence-corrected chi connectivity index (χ4v) is 2.19. The average molecular weight is 200 g/mol. The molecule has 14 heavy (non-hydrogen) atoms. The fourth-order valence-electron chi connectivity index (χ4n) is 2.19. The molecule has 0 spiro atoms. The zero-order valence-electron chi connectivity index (χ0n) is 9.95. The predicted molar refractivity (Wildman–Crippen MR) is 59.4 cm³/mol. The molecule has 0 amide bonds. The van der Waals surface area contributed by atoms with E-state index in [1.54, 1.807) is 0 Å². The second kappa shape index (κ2) is 4.60. The number of hydrogen-bond donors (Lipinski definition) is 1. The second-order valence-electron chi connectivity index (χ2n) is 4.92. The van der Waals surface area contributed by atoms with E-state index in [1.165, 1.54) is 6.42 Å². The Morgan fingerprint density at radius 2 is 2.07 bits per heavy atom. The molecule has 1 heterocycles. The van der Waals surface area contributed by atoms with Crippen LogP contribution in [0.15, 0.2) is 0 Å². The van der Waals surface area contributed by atoms with E-state index in [9.17, 15) is 5.11 Å². The molecule has 1 aliphatic heterocycles. The largest absolute Gasteiger partial charge is 0.395 e. The van der Waals surface area contributed by atoms with Crippen LogP contribution in [0, 0.1) is 0 Å². The summed E-state index contributed by atoms with van der Waals surface area (Å²) in [6, 6.07) is 0.303. The number of aliphatic hydroxyl groups is 1. The molecule has 0 saturated carbocycles. The first kappa shape index (κ1) is 12.0. The molecule has 3 nitrogen and oxygen atoms in total. The molecular formula is C11H24N2O. The van der Waals surface area contributed by atoms with Gasteiger partial charge in [-0.1, -0.05) is 6.92 Å². The van der Waals surface area contributed by atoms with Crippen LogP contribution in [0.25, 0.3) is 0 Å². The van der Waals surface area contributed by atoms with Gasteiger partial charge in [0.15, 0.2) is 0 Å². The van der Waals surface area contributed by atoms with Crippen LogP contribution in [0.2, 0.25) is 0 Å². The highest BCUT2D eigenvalue weighted by atomic mass is 16.3. The summed E-state index contributed by atoms with van der Waals surface area (Å²) in [6.07, 6.45) is 1.17. The first-order valence-electron chi connectivity index (χ1n) is 5.57. The standard InChI is InChI=1S/C11H24N2O/c1-5-13-8-10(9-14)12(4)7-6-11(13,2)3/h10,14H,5-9H2,1-4H3. The molecule has 1 fully saturated rings. The van der Waals surface area contributed by atoms with E-state index in [-0.39, 0.29) is 12.1 Å². The maximum Gasteiger partial charge on any atom is 0.0599 e. The number of hydrogen-bond acceptors (Lipinski definition) is 3. The minimum atomic E-state index is 0.267. The van der Waals surface area contributed by atoms with Gasteiger partial charge in [0.1, 0.15) is 0 Å². The maximum absolute atomic E-state index is 9.30. The van der Waals surface area contributed by atoms with Crippen LogP contribution in [-0.4, -0.2) is 59.8 Å². The molecule has 0 aromatic heterocycles. The zero-order chi connectivity index (χ0) is 10.8. The second-order valence-corrected chi connectivity index (χ2v) is 4.92. The van der Waals surface area contributed by atoms with Gasteiger partial charge in [-0.25, -0.2) is 0 Å². The van der Waals surface area contributed by atoms with Gasteiger partial charge in [-0.3, -0.25) is 9.80 Å². The molecule has 0 radical (unpaired) electrons. The van der Waals surface area contributed by atoms with E-state index in [0.29, 0.717) is 6.04 Å². The summed E-state index contributed by atoms with van der Waals surface area (Å²) < 4.78 is 0. The van der Waals surface area contributed by atoms with Crippen LogP contribution in [0.5, 0.6) is 0 Å². The fraction of sp³-hybridized carbons (Fsp3) is 1.00. The monoisotopic (exact) mass is 200 g/mol.